The van der Waals surface area contributed by atoms with Crippen LogP contribution in [0.5, 0.6) is 0 Å². The van der Waals surface area contributed by atoms with Crippen LogP contribution in [0.1, 0.15) is 50.1 Å². The second kappa shape index (κ2) is 6.28. The minimum Gasteiger partial charge on any atom is -0.350 e. The third-order valence-electron chi connectivity index (χ3n) is 5.34. The molecule has 2 aliphatic rings. The number of nitrogens with one attached hydrogen (secondary N) is 3. The molecule has 5 rings (SSSR count). The molecule has 3 heterocycles. The molecule has 0 radical (unpaired) electrons. The van der Waals surface area contributed by atoms with E-state index in [9.17, 15) is 0 Å². The Morgan fingerprint density at radius 3 is 2.81 bits per heavy atom. The van der Waals surface area contributed by atoms with Crippen LogP contribution in [0.4, 0.5) is 17.6 Å². The summed E-state index contributed by atoms with van der Waals surface area (Å²) in [5.41, 5.74) is 8.07. The van der Waals surface area contributed by atoms with Gasteiger partial charge in [-0.1, -0.05) is 0 Å². The second-order valence-electron chi connectivity index (χ2n) is 7.48. The van der Waals surface area contributed by atoms with Crippen molar-refractivity contribution in [1.82, 2.24) is 24.8 Å². The number of hydrogen-bond acceptors (Lipinski definition) is 6. The molecule has 3 aromatic rings. The van der Waals surface area contributed by atoms with E-state index in [1.807, 2.05) is 22.8 Å². The first-order valence-corrected chi connectivity index (χ1v) is 9.44. The molecule has 0 unspecified atom stereocenters. The fourth-order valence-electron chi connectivity index (χ4n) is 3.65. The van der Waals surface area contributed by atoms with Crippen LogP contribution >= 0.6 is 0 Å². The zero-order chi connectivity index (χ0) is 17.5. The van der Waals surface area contributed by atoms with Gasteiger partial charge in [0.25, 0.3) is 0 Å². The number of fused-ring (bicyclic) bond motifs is 1. The molecule has 0 aliphatic heterocycles. The van der Waals surface area contributed by atoms with Crippen LogP contribution in [-0.2, 0) is 0 Å². The number of nitrogens with two attached hydrogens (primary N) is 1. The third kappa shape index (κ3) is 3.12. The highest BCUT2D eigenvalue weighted by atomic mass is 15.3. The highest BCUT2D eigenvalue weighted by Crippen LogP contribution is 2.39. The number of aromatic amines is 1. The Morgan fingerprint density at radius 2 is 2.00 bits per heavy atom. The van der Waals surface area contributed by atoms with Gasteiger partial charge in [-0.3, -0.25) is 5.10 Å². The number of rotatable bonds is 5. The Bertz CT molecular complexity index is 901. The van der Waals surface area contributed by atoms with Gasteiger partial charge in [-0.15, -0.1) is 5.10 Å². The summed E-state index contributed by atoms with van der Waals surface area (Å²) in [5, 5.41) is 18.9. The largest absolute Gasteiger partial charge is 0.350 e. The first-order chi connectivity index (χ1) is 12.7. The molecule has 2 saturated carbocycles. The normalized spacial score (nSPS) is 23.3. The molecule has 5 N–H and O–H groups in total. The molecule has 8 nitrogen and oxygen atoms in total. The van der Waals surface area contributed by atoms with Gasteiger partial charge in [0.1, 0.15) is 11.3 Å². The molecule has 0 amide bonds. The molecule has 2 fully saturated rings. The maximum absolute atomic E-state index is 6.01. The van der Waals surface area contributed by atoms with Crippen molar-refractivity contribution in [3.8, 4) is 0 Å². The number of H-pyrrole nitrogens is 1. The fourth-order valence-corrected chi connectivity index (χ4v) is 3.65. The zero-order valence-electron chi connectivity index (χ0n) is 14.7. The fraction of sp³-hybridized carbons (Fsp3) is 0.500. The molecule has 136 valence electrons. The van der Waals surface area contributed by atoms with Crippen LogP contribution < -0.4 is 16.4 Å². The lowest BCUT2D eigenvalue weighted by Gasteiger charge is -2.26. The van der Waals surface area contributed by atoms with E-state index in [1.54, 1.807) is 0 Å². The summed E-state index contributed by atoms with van der Waals surface area (Å²) in [6, 6.07) is 6.77. The van der Waals surface area contributed by atoms with Crippen molar-refractivity contribution in [2.75, 3.05) is 10.6 Å². The molecular formula is C18H24N8. The number of hydrogen-bond donors (Lipinski definition) is 4. The molecule has 0 saturated heterocycles. The lowest BCUT2D eigenvalue weighted by Crippen LogP contribution is -2.33. The third-order valence-corrected chi connectivity index (χ3v) is 5.34. The van der Waals surface area contributed by atoms with Crippen LogP contribution in [0, 0.1) is 0 Å². The Kier molecular flexibility index (Phi) is 3.77. The van der Waals surface area contributed by atoms with Crippen LogP contribution in [0.2, 0.25) is 0 Å². The highest BCUT2D eigenvalue weighted by molar-refractivity contribution is 5.73. The smallest absolute Gasteiger partial charge is 0.243 e. The molecule has 0 spiro atoms. The first-order valence-electron chi connectivity index (χ1n) is 9.44. The van der Waals surface area contributed by atoms with Gasteiger partial charge in [0.2, 0.25) is 5.95 Å². The van der Waals surface area contributed by atoms with Gasteiger partial charge in [0.05, 0.1) is 5.69 Å². The summed E-state index contributed by atoms with van der Waals surface area (Å²) in [4.78, 5) is 4.72. The van der Waals surface area contributed by atoms with E-state index in [2.05, 4.69) is 32.0 Å². The number of aromatic nitrogens is 5. The second-order valence-corrected chi connectivity index (χ2v) is 7.48. The van der Waals surface area contributed by atoms with Crippen molar-refractivity contribution in [2.24, 2.45) is 5.73 Å². The van der Waals surface area contributed by atoms with E-state index in [0.29, 0.717) is 23.9 Å². The van der Waals surface area contributed by atoms with Crippen LogP contribution in [0.25, 0.3) is 5.52 Å². The van der Waals surface area contributed by atoms with Crippen molar-refractivity contribution in [3.05, 3.63) is 30.1 Å². The van der Waals surface area contributed by atoms with E-state index in [1.165, 1.54) is 12.8 Å². The van der Waals surface area contributed by atoms with Gasteiger partial charge in [0.15, 0.2) is 5.82 Å². The summed E-state index contributed by atoms with van der Waals surface area (Å²) < 4.78 is 1.85. The van der Waals surface area contributed by atoms with E-state index in [0.717, 1.165) is 48.5 Å². The Morgan fingerprint density at radius 1 is 1.15 bits per heavy atom. The van der Waals surface area contributed by atoms with Crippen LogP contribution in [0.15, 0.2) is 24.4 Å². The lowest BCUT2D eigenvalue weighted by atomic mass is 9.92. The monoisotopic (exact) mass is 352 g/mol. The van der Waals surface area contributed by atoms with Crippen molar-refractivity contribution in [1.29, 1.82) is 0 Å². The van der Waals surface area contributed by atoms with E-state index in [4.69, 9.17) is 10.7 Å². The molecule has 3 aromatic heterocycles. The predicted octanol–water partition coefficient (Wildman–Crippen LogP) is 2.76. The predicted molar refractivity (Wildman–Crippen MR) is 101 cm³/mol. The van der Waals surface area contributed by atoms with Crippen molar-refractivity contribution in [2.45, 2.75) is 56.5 Å². The molecule has 0 atom stereocenters. The number of nitrogens with zero attached hydrogens (tertiary/aromatic N) is 4. The first kappa shape index (κ1) is 15.6. The summed E-state index contributed by atoms with van der Waals surface area (Å²) >= 11 is 0. The van der Waals surface area contributed by atoms with Gasteiger partial charge in [-0.2, -0.15) is 10.1 Å². The molecule has 0 bridgehead atoms. The molecule has 26 heavy (non-hydrogen) atoms. The van der Waals surface area contributed by atoms with Crippen molar-refractivity contribution >= 4 is 23.1 Å². The molecule has 0 aromatic carbocycles. The van der Waals surface area contributed by atoms with Crippen molar-refractivity contribution in [3.63, 3.8) is 0 Å². The number of anilines is 3. The van der Waals surface area contributed by atoms with Gasteiger partial charge in [-0.25, -0.2) is 4.52 Å². The maximum Gasteiger partial charge on any atom is 0.243 e. The SMILES string of the molecule is NC1CCC(Nc2nc(Nc3cc(C4CC4)n[nH]3)c3cccn3n2)CC1. The maximum atomic E-state index is 6.01. The molecule has 2 aliphatic carbocycles. The Labute approximate surface area is 151 Å². The minimum absolute atomic E-state index is 0.333. The summed E-state index contributed by atoms with van der Waals surface area (Å²) in [7, 11) is 0. The molecule has 8 heteroatoms. The zero-order valence-corrected chi connectivity index (χ0v) is 14.7. The van der Waals surface area contributed by atoms with E-state index < -0.39 is 0 Å². The van der Waals surface area contributed by atoms with Gasteiger partial charge >= 0.3 is 0 Å². The van der Waals surface area contributed by atoms with Gasteiger partial charge < -0.3 is 16.4 Å². The van der Waals surface area contributed by atoms with Gasteiger partial charge in [0, 0.05) is 30.3 Å². The van der Waals surface area contributed by atoms with Crippen LogP contribution in [-0.4, -0.2) is 36.9 Å². The average Bonchev–Trinajstić information content (AvgIpc) is 3.19. The van der Waals surface area contributed by atoms with Crippen molar-refractivity contribution < 1.29 is 0 Å². The standard InChI is InChI=1S/C18H24N8/c19-12-5-7-13(8-6-12)20-18-22-17(15-2-1-9-26(15)25-18)21-16-10-14(23-24-16)11-3-4-11/h1-2,9-13H,3-8,19H2,(H3,20,21,22,23,24,25). The van der Waals surface area contributed by atoms with E-state index in [-0.39, 0.29) is 0 Å². The Hall–Kier alpha value is -2.61. The summed E-state index contributed by atoms with van der Waals surface area (Å²) in [6.45, 7) is 0. The lowest BCUT2D eigenvalue weighted by molar-refractivity contribution is 0.409. The highest BCUT2D eigenvalue weighted by Gasteiger charge is 2.26. The topological polar surface area (TPSA) is 109 Å². The summed E-state index contributed by atoms with van der Waals surface area (Å²) in [6.07, 6.45) is 8.62. The summed E-state index contributed by atoms with van der Waals surface area (Å²) in [5.74, 6) is 2.89. The molecular weight excluding hydrogens is 328 g/mol. The Balaban J connectivity index is 1.39. The average molecular weight is 352 g/mol. The van der Waals surface area contributed by atoms with Gasteiger partial charge in [-0.05, 0) is 50.7 Å². The van der Waals surface area contributed by atoms with Crippen LogP contribution in [0.3, 0.4) is 0 Å². The minimum atomic E-state index is 0.333. The quantitative estimate of drug-likeness (QED) is 0.562. The van der Waals surface area contributed by atoms with E-state index >= 15 is 0 Å².